The van der Waals surface area contributed by atoms with Crippen molar-refractivity contribution in [2.75, 3.05) is 18.8 Å². The summed E-state index contributed by atoms with van der Waals surface area (Å²) >= 11 is 0. The fraction of sp³-hybridized carbons (Fsp3) is 0.632. The predicted molar refractivity (Wildman–Crippen MR) is 96.5 cm³/mol. The molecule has 0 aliphatic carbocycles. The Morgan fingerprint density at radius 3 is 2.58 bits per heavy atom. The van der Waals surface area contributed by atoms with E-state index in [-0.39, 0.29) is 18.1 Å². The fourth-order valence-corrected chi connectivity index (χ4v) is 3.03. The van der Waals surface area contributed by atoms with Crippen molar-refractivity contribution in [3.05, 3.63) is 23.3 Å². The number of rotatable bonds is 3. The molecule has 1 aliphatic rings. The molecule has 5 heteroatoms. The topological polar surface area (TPSA) is 64.8 Å². The standard InChI is InChI=1S/C19H30N2O3/c1-12(2)23-17-10-15(13(3)9-16(17)20)14-7-8-21(11-14)18(22)24-19(4,5)6/h9-10,12,14H,7-8,11,20H2,1-6H3. The van der Waals surface area contributed by atoms with Gasteiger partial charge in [0.15, 0.2) is 0 Å². The van der Waals surface area contributed by atoms with Crippen molar-refractivity contribution in [1.82, 2.24) is 4.90 Å². The van der Waals surface area contributed by atoms with Crippen LogP contribution in [0.15, 0.2) is 12.1 Å². The van der Waals surface area contributed by atoms with Crippen molar-refractivity contribution in [3.63, 3.8) is 0 Å². The summed E-state index contributed by atoms with van der Waals surface area (Å²) in [6.07, 6.45) is 0.756. The number of hydrogen-bond acceptors (Lipinski definition) is 4. The number of anilines is 1. The zero-order valence-corrected chi connectivity index (χ0v) is 15.7. The SMILES string of the molecule is Cc1cc(N)c(OC(C)C)cc1C1CCN(C(=O)OC(C)(C)C)C1. The summed E-state index contributed by atoms with van der Waals surface area (Å²) in [6, 6.07) is 4.00. The summed E-state index contributed by atoms with van der Waals surface area (Å²) in [5, 5.41) is 0. The molecule has 1 amide bonds. The number of nitrogens with two attached hydrogens (primary N) is 1. The van der Waals surface area contributed by atoms with Gasteiger partial charge in [-0.3, -0.25) is 0 Å². The molecule has 1 atom stereocenters. The molecule has 1 aliphatic heterocycles. The van der Waals surface area contributed by atoms with Crippen LogP contribution in [0.25, 0.3) is 0 Å². The quantitative estimate of drug-likeness (QED) is 0.846. The molecule has 24 heavy (non-hydrogen) atoms. The Morgan fingerprint density at radius 1 is 1.33 bits per heavy atom. The molecule has 1 heterocycles. The lowest BCUT2D eigenvalue weighted by Crippen LogP contribution is -2.35. The van der Waals surface area contributed by atoms with Crippen LogP contribution in [0, 0.1) is 6.92 Å². The Bertz CT molecular complexity index is 605. The van der Waals surface area contributed by atoms with Crippen molar-refractivity contribution in [3.8, 4) is 5.75 Å². The summed E-state index contributed by atoms with van der Waals surface area (Å²) in [4.78, 5) is 14.0. The molecule has 2 rings (SSSR count). The van der Waals surface area contributed by atoms with E-state index in [0.717, 1.165) is 17.7 Å². The first-order valence-corrected chi connectivity index (χ1v) is 8.61. The van der Waals surface area contributed by atoms with Crippen molar-refractivity contribution in [2.24, 2.45) is 0 Å². The van der Waals surface area contributed by atoms with Crippen LogP contribution in [0.2, 0.25) is 0 Å². The highest BCUT2D eigenvalue weighted by Gasteiger charge is 2.31. The molecule has 2 N–H and O–H groups in total. The molecule has 134 valence electrons. The van der Waals surface area contributed by atoms with Gasteiger partial charge in [-0.05, 0) is 71.2 Å². The van der Waals surface area contributed by atoms with Crippen LogP contribution in [-0.2, 0) is 4.74 Å². The van der Waals surface area contributed by atoms with E-state index in [1.54, 1.807) is 4.90 Å². The van der Waals surface area contributed by atoms with Crippen LogP contribution < -0.4 is 10.5 Å². The van der Waals surface area contributed by atoms with Gasteiger partial charge in [0.05, 0.1) is 11.8 Å². The number of likely N-dealkylation sites (tertiary alicyclic amines) is 1. The van der Waals surface area contributed by atoms with Crippen LogP contribution in [0.5, 0.6) is 5.75 Å². The summed E-state index contributed by atoms with van der Waals surface area (Å²) in [5.74, 6) is 1.01. The summed E-state index contributed by atoms with van der Waals surface area (Å²) in [7, 11) is 0. The van der Waals surface area contributed by atoms with Crippen molar-refractivity contribution in [2.45, 2.75) is 65.6 Å². The van der Waals surface area contributed by atoms with Gasteiger partial charge in [0.2, 0.25) is 0 Å². The maximum Gasteiger partial charge on any atom is 0.410 e. The summed E-state index contributed by atoms with van der Waals surface area (Å²) in [5.41, 5.74) is 8.60. The monoisotopic (exact) mass is 334 g/mol. The van der Waals surface area contributed by atoms with Crippen LogP contribution in [-0.4, -0.2) is 35.8 Å². The number of nitrogen functional groups attached to an aromatic ring is 1. The van der Waals surface area contributed by atoms with E-state index in [4.69, 9.17) is 15.2 Å². The highest BCUT2D eigenvalue weighted by Crippen LogP contribution is 2.35. The normalized spacial score (nSPS) is 18.1. The Labute approximate surface area is 145 Å². The molecule has 1 aromatic rings. The first-order valence-electron chi connectivity index (χ1n) is 8.61. The first kappa shape index (κ1) is 18.4. The molecular formula is C19H30N2O3. The Kier molecular flexibility index (Phi) is 5.31. The van der Waals surface area contributed by atoms with Gasteiger partial charge in [0.25, 0.3) is 0 Å². The van der Waals surface area contributed by atoms with Crippen LogP contribution >= 0.6 is 0 Å². The average molecular weight is 334 g/mol. The van der Waals surface area contributed by atoms with Gasteiger partial charge in [0, 0.05) is 19.0 Å². The third-order valence-electron chi connectivity index (χ3n) is 4.04. The molecule has 0 spiro atoms. The van der Waals surface area contributed by atoms with Crippen LogP contribution in [0.1, 0.15) is 58.1 Å². The zero-order valence-electron chi connectivity index (χ0n) is 15.7. The summed E-state index contributed by atoms with van der Waals surface area (Å²) < 4.78 is 11.3. The molecule has 1 saturated heterocycles. The molecule has 1 unspecified atom stereocenters. The molecule has 1 aromatic carbocycles. The number of ether oxygens (including phenoxy) is 2. The van der Waals surface area contributed by atoms with E-state index in [9.17, 15) is 4.79 Å². The predicted octanol–water partition coefficient (Wildman–Crippen LogP) is 4.09. The molecule has 0 saturated carbocycles. The lowest BCUT2D eigenvalue weighted by molar-refractivity contribution is 0.0292. The molecule has 1 fully saturated rings. The molecule has 0 bridgehead atoms. The van der Waals surface area contributed by atoms with E-state index in [2.05, 4.69) is 6.92 Å². The van der Waals surface area contributed by atoms with Crippen molar-refractivity contribution >= 4 is 11.8 Å². The second kappa shape index (κ2) is 6.91. The van der Waals surface area contributed by atoms with Gasteiger partial charge in [0.1, 0.15) is 11.4 Å². The van der Waals surface area contributed by atoms with Gasteiger partial charge in [-0.2, -0.15) is 0 Å². The number of carbonyl (C=O) groups excluding carboxylic acids is 1. The lowest BCUT2D eigenvalue weighted by Gasteiger charge is -2.24. The molecule has 0 radical (unpaired) electrons. The number of hydrogen-bond donors (Lipinski definition) is 1. The van der Waals surface area contributed by atoms with E-state index >= 15 is 0 Å². The van der Waals surface area contributed by atoms with Crippen molar-refractivity contribution < 1.29 is 14.3 Å². The van der Waals surface area contributed by atoms with Crippen LogP contribution in [0.3, 0.4) is 0 Å². The molecule has 0 aromatic heterocycles. The summed E-state index contributed by atoms with van der Waals surface area (Å²) in [6.45, 7) is 13.1. The Hall–Kier alpha value is -1.91. The largest absolute Gasteiger partial charge is 0.489 e. The number of benzene rings is 1. The van der Waals surface area contributed by atoms with E-state index in [1.165, 1.54) is 5.56 Å². The second-order valence-corrected chi connectivity index (χ2v) is 7.83. The number of carbonyl (C=O) groups is 1. The van der Waals surface area contributed by atoms with Gasteiger partial charge in [-0.15, -0.1) is 0 Å². The average Bonchev–Trinajstić information content (AvgIpc) is 2.89. The highest BCUT2D eigenvalue weighted by atomic mass is 16.6. The first-order chi connectivity index (χ1) is 11.1. The molecule has 5 nitrogen and oxygen atoms in total. The van der Waals surface area contributed by atoms with E-state index in [1.807, 2.05) is 46.8 Å². The number of nitrogens with zero attached hydrogens (tertiary/aromatic N) is 1. The fourth-order valence-electron chi connectivity index (χ4n) is 3.03. The smallest absolute Gasteiger partial charge is 0.410 e. The minimum atomic E-state index is -0.468. The van der Waals surface area contributed by atoms with Gasteiger partial charge in [-0.1, -0.05) is 0 Å². The van der Waals surface area contributed by atoms with E-state index < -0.39 is 5.60 Å². The second-order valence-electron chi connectivity index (χ2n) is 7.83. The minimum Gasteiger partial charge on any atom is -0.489 e. The Morgan fingerprint density at radius 2 is 2.00 bits per heavy atom. The minimum absolute atomic E-state index is 0.0738. The Balaban J connectivity index is 2.14. The number of amides is 1. The maximum absolute atomic E-state index is 12.2. The van der Waals surface area contributed by atoms with Crippen molar-refractivity contribution in [1.29, 1.82) is 0 Å². The zero-order chi connectivity index (χ0) is 18.1. The maximum atomic E-state index is 12.2. The molecular weight excluding hydrogens is 304 g/mol. The third kappa shape index (κ3) is 4.56. The van der Waals surface area contributed by atoms with Gasteiger partial charge < -0.3 is 20.1 Å². The van der Waals surface area contributed by atoms with Gasteiger partial charge in [-0.25, -0.2) is 4.79 Å². The number of aryl methyl sites for hydroxylation is 1. The van der Waals surface area contributed by atoms with Gasteiger partial charge >= 0.3 is 6.09 Å². The lowest BCUT2D eigenvalue weighted by atomic mass is 9.93. The van der Waals surface area contributed by atoms with E-state index in [0.29, 0.717) is 18.8 Å². The third-order valence-corrected chi connectivity index (χ3v) is 4.04. The van der Waals surface area contributed by atoms with Crippen LogP contribution in [0.4, 0.5) is 10.5 Å². The highest BCUT2D eigenvalue weighted by molar-refractivity contribution is 5.69.